The molecule has 1 aliphatic rings. The number of nitrogens with zero attached hydrogens (tertiary/aromatic N) is 1. The SMILES string of the molecule is CN(C)C(=O)COc1cccc(C(=O)NCc2ccc(-c3ccc4c(c3)CCO4)cc2)c1. The van der Waals surface area contributed by atoms with E-state index >= 15 is 0 Å². The van der Waals surface area contributed by atoms with Gasteiger partial charge in [0.05, 0.1) is 6.61 Å². The minimum Gasteiger partial charge on any atom is -0.493 e. The summed E-state index contributed by atoms with van der Waals surface area (Å²) in [4.78, 5) is 25.7. The van der Waals surface area contributed by atoms with Crippen LogP contribution in [-0.2, 0) is 17.8 Å². The average molecular weight is 431 g/mol. The van der Waals surface area contributed by atoms with Crippen LogP contribution in [0.2, 0.25) is 0 Å². The van der Waals surface area contributed by atoms with Crippen LogP contribution in [0.15, 0.2) is 66.7 Å². The number of hydrogen-bond donors (Lipinski definition) is 1. The number of amides is 2. The van der Waals surface area contributed by atoms with Gasteiger partial charge in [0.1, 0.15) is 11.5 Å². The lowest BCUT2D eigenvalue weighted by Gasteiger charge is -2.12. The van der Waals surface area contributed by atoms with Crippen molar-refractivity contribution in [2.24, 2.45) is 0 Å². The summed E-state index contributed by atoms with van der Waals surface area (Å²) in [7, 11) is 3.34. The number of nitrogens with one attached hydrogen (secondary N) is 1. The van der Waals surface area contributed by atoms with Gasteiger partial charge in [-0.05, 0) is 52.6 Å². The smallest absolute Gasteiger partial charge is 0.259 e. The van der Waals surface area contributed by atoms with Gasteiger partial charge in [-0.25, -0.2) is 0 Å². The van der Waals surface area contributed by atoms with Crippen molar-refractivity contribution in [3.63, 3.8) is 0 Å². The molecule has 0 aromatic heterocycles. The van der Waals surface area contributed by atoms with E-state index in [9.17, 15) is 9.59 Å². The molecule has 2 amide bonds. The van der Waals surface area contributed by atoms with E-state index in [2.05, 4.69) is 29.6 Å². The summed E-state index contributed by atoms with van der Waals surface area (Å²) in [5.74, 6) is 1.12. The van der Waals surface area contributed by atoms with E-state index in [1.54, 1.807) is 38.4 Å². The van der Waals surface area contributed by atoms with E-state index in [4.69, 9.17) is 9.47 Å². The normalized spacial score (nSPS) is 11.9. The molecular formula is C26H26N2O4. The van der Waals surface area contributed by atoms with Crippen molar-refractivity contribution in [3.8, 4) is 22.6 Å². The van der Waals surface area contributed by atoms with Gasteiger partial charge >= 0.3 is 0 Å². The molecule has 32 heavy (non-hydrogen) atoms. The topological polar surface area (TPSA) is 67.9 Å². The zero-order valence-electron chi connectivity index (χ0n) is 18.3. The monoisotopic (exact) mass is 430 g/mol. The standard InChI is InChI=1S/C26H26N2O4/c1-28(2)25(29)17-32-23-5-3-4-22(15-23)26(30)27-16-18-6-8-19(9-7-18)20-10-11-24-21(14-20)12-13-31-24/h3-11,14-15H,12-13,16-17H2,1-2H3,(H,27,30). The van der Waals surface area contributed by atoms with Gasteiger partial charge in [-0.3, -0.25) is 9.59 Å². The first-order valence-electron chi connectivity index (χ1n) is 10.6. The molecule has 6 heteroatoms. The molecule has 0 radical (unpaired) electrons. The first-order chi connectivity index (χ1) is 15.5. The Hall–Kier alpha value is -3.80. The Bertz CT molecular complexity index is 1120. The summed E-state index contributed by atoms with van der Waals surface area (Å²) in [5, 5.41) is 2.93. The maximum atomic E-state index is 12.6. The fourth-order valence-electron chi connectivity index (χ4n) is 3.47. The zero-order chi connectivity index (χ0) is 22.5. The summed E-state index contributed by atoms with van der Waals surface area (Å²) in [6.45, 7) is 1.10. The molecule has 1 aliphatic heterocycles. The van der Waals surface area contributed by atoms with Crippen LogP contribution >= 0.6 is 0 Å². The molecule has 0 unspecified atom stereocenters. The molecule has 0 spiro atoms. The molecule has 1 heterocycles. The third-order valence-corrected chi connectivity index (χ3v) is 5.39. The largest absolute Gasteiger partial charge is 0.493 e. The van der Waals surface area contributed by atoms with Crippen molar-refractivity contribution >= 4 is 11.8 Å². The van der Waals surface area contributed by atoms with Gasteiger partial charge in [-0.1, -0.05) is 36.4 Å². The summed E-state index contributed by atoms with van der Waals surface area (Å²) in [6.07, 6.45) is 0.950. The minimum atomic E-state index is -0.197. The summed E-state index contributed by atoms with van der Waals surface area (Å²) in [5.41, 5.74) is 5.03. The molecular weight excluding hydrogens is 404 g/mol. The number of likely N-dealkylation sites (N-methyl/N-ethyl adjacent to an activating group) is 1. The van der Waals surface area contributed by atoms with Gasteiger partial charge in [-0.15, -0.1) is 0 Å². The number of carbonyl (C=O) groups is 2. The molecule has 0 fully saturated rings. The van der Waals surface area contributed by atoms with E-state index in [-0.39, 0.29) is 18.4 Å². The van der Waals surface area contributed by atoms with Gasteiger partial charge in [0.2, 0.25) is 0 Å². The fourth-order valence-corrected chi connectivity index (χ4v) is 3.47. The van der Waals surface area contributed by atoms with Crippen LogP contribution in [0.3, 0.4) is 0 Å². The van der Waals surface area contributed by atoms with Gasteiger partial charge < -0.3 is 19.7 Å². The van der Waals surface area contributed by atoms with Crippen molar-refractivity contribution in [1.29, 1.82) is 0 Å². The van der Waals surface area contributed by atoms with Crippen LogP contribution < -0.4 is 14.8 Å². The van der Waals surface area contributed by atoms with Crippen LogP contribution in [0.25, 0.3) is 11.1 Å². The fraction of sp³-hybridized carbons (Fsp3) is 0.231. The third kappa shape index (κ3) is 5.09. The first kappa shape index (κ1) is 21.4. The second-order valence-electron chi connectivity index (χ2n) is 7.91. The molecule has 6 nitrogen and oxygen atoms in total. The molecule has 0 saturated heterocycles. The predicted octanol–water partition coefficient (Wildman–Crippen LogP) is 3.69. The van der Waals surface area contributed by atoms with Crippen LogP contribution in [0.4, 0.5) is 0 Å². The van der Waals surface area contributed by atoms with Gasteiger partial charge in [-0.2, -0.15) is 0 Å². The summed E-state index contributed by atoms with van der Waals surface area (Å²) >= 11 is 0. The molecule has 0 saturated carbocycles. The molecule has 0 aliphatic carbocycles. The third-order valence-electron chi connectivity index (χ3n) is 5.39. The van der Waals surface area contributed by atoms with Crippen molar-refractivity contribution in [2.75, 3.05) is 27.3 Å². The number of rotatable bonds is 7. The first-order valence-corrected chi connectivity index (χ1v) is 10.6. The minimum absolute atomic E-state index is 0.0678. The highest BCUT2D eigenvalue weighted by Gasteiger charge is 2.13. The Labute approximate surface area is 187 Å². The van der Waals surface area contributed by atoms with E-state index < -0.39 is 0 Å². The van der Waals surface area contributed by atoms with Crippen molar-refractivity contribution < 1.29 is 19.1 Å². The lowest BCUT2D eigenvalue weighted by Crippen LogP contribution is -2.27. The zero-order valence-corrected chi connectivity index (χ0v) is 18.3. The van der Waals surface area contributed by atoms with Crippen LogP contribution in [0, 0.1) is 0 Å². The average Bonchev–Trinajstić information content (AvgIpc) is 3.29. The second-order valence-corrected chi connectivity index (χ2v) is 7.91. The van der Waals surface area contributed by atoms with E-state index in [1.165, 1.54) is 10.5 Å². The quantitative estimate of drug-likeness (QED) is 0.621. The van der Waals surface area contributed by atoms with Gasteiger partial charge in [0.25, 0.3) is 11.8 Å². The molecule has 0 bridgehead atoms. The molecule has 4 rings (SSSR count). The van der Waals surface area contributed by atoms with E-state index in [1.807, 2.05) is 18.2 Å². The Kier molecular flexibility index (Phi) is 6.40. The Morgan fingerprint density at radius 3 is 2.56 bits per heavy atom. The Morgan fingerprint density at radius 2 is 1.78 bits per heavy atom. The molecule has 3 aromatic rings. The van der Waals surface area contributed by atoms with Crippen LogP contribution in [-0.4, -0.2) is 44.0 Å². The summed E-state index contributed by atoms with van der Waals surface area (Å²) < 4.78 is 11.1. The van der Waals surface area contributed by atoms with Crippen LogP contribution in [0.5, 0.6) is 11.5 Å². The van der Waals surface area contributed by atoms with E-state index in [0.717, 1.165) is 35.5 Å². The van der Waals surface area contributed by atoms with Crippen LogP contribution in [0.1, 0.15) is 21.5 Å². The van der Waals surface area contributed by atoms with Crippen molar-refractivity contribution in [3.05, 3.63) is 83.4 Å². The lowest BCUT2D eigenvalue weighted by molar-refractivity contribution is -0.130. The van der Waals surface area contributed by atoms with Crippen molar-refractivity contribution in [2.45, 2.75) is 13.0 Å². The molecule has 0 atom stereocenters. The predicted molar refractivity (Wildman–Crippen MR) is 123 cm³/mol. The highest BCUT2D eigenvalue weighted by atomic mass is 16.5. The van der Waals surface area contributed by atoms with E-state index in [0.29, 0.717) is 17.9 Å². The molecule has 1 N–H and O–H groups in total. The second kappa shape index (κ2) is 9.56. The molecule has 3 aromatic carbocycles. The van der Waals surface area contributed by atoms with Gasteiger partial charge in [0, 0.05) is 32.6 Å². The number of benzene rings is 3. The lowest BCUT2D eigenvalue weighted by atomic mass is 10.0. The maximum absolute atomic E-state index is 12.6. The number of fused-ring (bicyclic) bond motifs is 1. The highest BCUT2D eigenvalue weighted by Crippen LogP contribution is 2.30. The Morgan fingerprint density at radius 1 is 1.00 bits per heavy atom. The summed E-state index contributed by atoms with van der Waals surface area (Å²) in [6, 6.07) is 21.3. The number of hydrogen-bond acceptors (Lipinski definition) is 4. The van der Waals surface area contributed by atoms with Gasteiger partial charge in [0.15, 0.2) is 6.61 Å². The number of carbonyl (C=O) groups excluding carboxylic acids is 2. The Balaban J connectivity index is 1.34. The highest BCUT2D eigenvalue weighted by molar-refractivity contribution is 5.94. The maximum Gasteiger partial charge on any atom is 0.259 e. The molecule has 164 valence electrons. The van der Waals surface area contributed by atoms with Crippen molar-refractivity contribution in [1.82, 2.24) is 10.2 Å². The number of ether oxygens (including phenoxy) is 2.